The Morgan fingerprint density at radius 2 is 1.67 bits per heavy atom. The number of piperazine rings is 1. The normalized spacial score (nSPS) is 14.2. The van der Waals surface area contributed by atoms with Gasteiger partial charge in [0, 0.05) is 32.6 Å². The van der Waals surface area contributed by atoms with Gasteiger partial charge in [-0.05, 0) is 19.2 Å². The van der Waals surface area contributed by atoms with Crippen LogP contribution in [0.15, 0.2) is 24.3 Å². The van der Waals surface area contributed by atoms with Crippen molar-refractivity contribution in [3.63, 3.8) is 0 Å². The fraction of sp³-hybridized carbons (Fsp3) is 0.588. The number of rotatable bonds is 3. The lowest BCUT2D eigenvalue weighted by molar-refractivity contribution is -0.107. The van der Waals surface area contributed by atoms with Crippen molar-refractivity contribution in [3.05, 3.63) is 24.3 Å². The van der Waals surface area contributed by atoms with Gasteiger partial charge in [0.2, 0.25) is 0 Å². The molecule has 0 radical (unpaired) electrons. The molecular formula is C17H30N2O2. The van der Waals surface area contributed by atoms with E-state index in [1.165, 1.54) is 5.69 Å². The van der Waals surface area contributed by atoms with Crippen molar-refractivity contribution in [2.75, 3.05) is 45.2 Å². The van der Waals surface area contributed by atoms with Gasteiger partial charge in [-0.15, -0.1) is 0 Å². The Morgan fingerprint density at radius 3 is 2.14 bits per heavy atom. The fourth-order valence-electron chi connectivity index (χ4n) is 1.94. The van der Waals surface area contributed by atoms with Crippen LogP contribution in [0.2, 0.25) is 0 Å². The number of ether oxygens (including phenoxy) is 1. The molecule has 1 fully saturated rings. The van der Waals surface area contributed by atoms with E-state index in [4.69, 9.17) is 4.74 Å². The number of benzene rings is 1. The quantitative estimate of drug-likeness (QED) is 0.802. The third kappa shape index (κ3) is 7.14. The molecule has 21 heavy (non-hydrogen) atoms. The molecule has 0 aromatic heterocycles. The monoisotopic (exact) mass is 294 g/mol. The van der Waals surface area contributed by atoms with E-state index in [2.05, 4.69) is 29.0 Å². The Hall–Kier alpha value is -1.55. The molecule has 0 unspecified atom stereocenters. The van der Waals surface area contributed by atoms with Crippen molar-refractivity contribution in [3.8, 4) is 5.75 Å². The molecule has 0 atom stereocenters. The van der Waals surface area contributed by atoms with Crippen LogP contribution in [-0.2, 0) is 4.79 Å². The van der Waals surface area contributed by atoms with Gasteiger partial charge in [-0.2, -0.15) is 0 Å². The highest BCUT2D eigenvalue weighted by Crippen LogP contribution is 2.27. The predicted octanol–water partition coefficient (Wildman–Crippen LogP) is 3.07. The number of carbonyl (C=O) groups excluding carboxylic acids is 1. The summed E-state index contributed by atoms with van der Waals surface area (Å²) in [7, 11) is 3.90. The molecular weight excluding hydrogens is 264 g/mol. The average molecular weight is 294 g/mol. The molecule has 120 valence electrons. The van der Waals surface area contributed by atoms with E-state index in [-0.39, 0.29) is 0 Å². The summed E-state index contributed by atoms with van der Waals surface area (Å²) in [6.07, 6.45) is 1.51. The van der Waals surface area contributed by atoms with Gasteiger partial charge in [-0.1, -0.05) is 32.9 Å². The number of hydrogen-bond donors (Lipinski definition) is 0. The highest BCUT2D eigenvalue weighted by molar-refractivity contribution is 5.58. The molecule has 1 aromatic rings. The van der Waals surface area contributed by atoms with E-state index < -0.39 is 0 Å². The number of nitrogens with zero attached hydrogens (tertiary/aromatic N) is 2. The van der Waals surface area contributed by atoms with Crippen molar-refractivity contribution in [2.24, 2.45) is 0 Å². The Labute approximate surface area is 129 Å². The molecule has 0 saturated carbocycles. The summed E-state index contributed by atoms with van der Waals surface area (Å²) in [5.41, 5.74) is 1.22. The minimum Gasteiger partial charge on any atom is -0.495 e. The van der Waals surface area contributed by atoms with Crippen LogP contribution in [0.3, 0.4) is 0 Å². The van der Waals surface area contributed by atoms with Crippen LogP contribution in [0.1, 0.15) is 27.2 Å². The average Bonchev–Trinajstić information content (AvgIpc) is 2.57. The first-order chi connectivity index (χ1) is 10.2. The van der Waals surface area contributed by atoms with Crippen molar-refractivity contribution in [2.45, 2.75) is 27.2 Å². The van der Waals surface area contributed by atoms with Gasteiger partial charge in [0.25, 0.3) is 0 Å². The highest BCUT2D eigenvalue weighted by atomic mass is 16.5. The van der Waals surface area contributed by atoms with E-state index in [1.807, 2.05) is 32.9 Å². The first kappa shape index (κ1) is 19.4. The molecule has 1 aliphatic heterocycles. The molecule has 1 heterocycles. The third-order valence-corrected chi connectivity index (χ3v) is 3.10. The lowest BCUT2D eigenvalue weighted by Gasteiger charge is -2.34. The maximum Gasteiger partial charge on any atom is 0.142 e. The van der Waals surface area contributed by atoms with Crippen LogP contribution in [0.4, 0.5) is 5.69 Å². The number of carbonyl (C=O) groups is 1. The standard InChI is InChI=1S/C12H18N2O.C3H6O.C2H6/c1-13-7-9-14(10-8-13)11-5-3-4-6-12(11)15-2;1-2-3-4;1-2/h3-6H,7-10H2,1-2H3;3H,2H2,1H3;1-2H3. The van der Waals surface area contributed by atoms with Crippen LogP contribution >= 0.6 is 0 Å². The number of hydrogen-bond acceptors (Lipinski definition) is 4. The van der Waals surface area contributed by atoms with E-state index in [0.29, 0.717) is 6.42 Å². The molecule has 0 amide bonds. The lowest BCUT2D eigenvalue weighted by Crippen LogP contribution is -2.44. The third-order valence-electron chi connectivity index (χ3n) is 3.10. The molecule has 1 aromatic carbocycles. The van der Waals surface area contributed by atoms with Gasteiger partial charge < -0.3 is 19.3 Å². The largest absolute Gasteiger partial charge is 0.495 e. The number of aldehydes is 1. The topological polar surface area (TPSA) is 32.8 Å². The van der Waals surface area contributed by atoms with E-state index in [0.717, 1.165) is 38.2 Å². The summed E-state index contributed by atoms with van der Waals surface area (Å²) < 4.78 is 5.37. The number of methoxy groups -OCH3 is 1. The SMILES string of the molecule is CC.CCC=O.COc1ccccc1N1CCN(C)CC1. The Bertz CT molecular complexity index is 375. The molecule has 4 heteroatoms. The Balaban J connectivity index is 0.000000579. The van der Waals surface area contributed by atoms with E-state index in [1.54, 1.807) is 7.11 Å². The minimum atomic E-state index is 0.639. The van der Waals surface area contributed by atoms with Gasteiger partial charge in [0.05, 0.1) is 12.8 Å². The van der Waals surface area contributed by atoms with Crippen molar-refractivity contribution >= 4 is 12.0 Å². The fourth-order valence-corrected chi connectivity index (χ4v) is 1.94. The van der Waals surface area contributed by atoms with Crippen LogP contribution in [0, 0.1) is 0 Å². The summed E-state index contributed by atoms with van der Waals surface area (Å²) in [4.78, 5) is 13.9. The first-order valence-electron chi connectivity index (χ1n) is 7.73. The second kappa shape index (κ2) is 12.2. The van der Waals surface area contributed by atoms with Crippen LogP contribution in [-0.4, -0.2) is 51.5 Å². The molecule has 4 nitrogen and oxygen atoms in total. The number of anilines is 1. The summed E-state index contributed by atoms with van der Waals surface area (Å²) >= 11 is 0. The maximum absolute atomic E-state index is 9.17. The van der Waals surface area contributed by atoms with Crippen LogP contribution in [0.25, 0.3) is 0 Å². The minimum absolute atomic E-state index is 0.639. The molecule has 1 saturated heterocycles. The second-order valence-corrected chi connectivity index (χ2v) is 4.54. The van der Waals surface area contributed by atoms with Gasteiger partial charge in [-0.25, -0.2) is 0 Å². The smallest absolute Gasteiger partial charge is 0.142 e. The Morgan fingerprint density at radius 1 is 1.14 bits per heavy atom. The summed E-state index contributed by atoms with van der Waals surface area (Å²) in [6, 6.07) is 8.23. The second-order valence-electron chi connectivity index (χ2n) is 4.54. The zero-order chi connectivity index (χ0) is 16.1. The summed E-state index contributed by atoms with van der Waals surface area (Å²) in [6.45, 7) is 10.2. The molecule has 0 spiro atoms. The van der Waals surface area contributed by atoms with Crippen LogP contribution < -0.4 is 9.64 Å². The van der Waals surface area contributed by atoms with Crippen molar-refractivity contribution in [1.82, 2.24) is 4.90 Å². The van der Waals surface area contributed by atoms with Gasteiger partial charge in [-0.3, -0.25) is 0 Å². The summed E-state index contributed by atoms with van der Waals surface area (Å²) in [5, 5.41) is 0. The lowest BCUT2D eigenvalue weighted by atomic mass is 10.2. The maximum atomic E-state index is 9.17. The molecule has 1 aliphatic rings. The van der Waals surface area contributed by atoms with Crippen LogP contribution in [0.5, 0.6) is 5.75 Å². The van der Waals surface area contributed by atoms with Crippen molar-refractivity contribution < 1.29 is 9.53 Å². The van der Waals surface area contributed by atoms with E-state index >= 15 is 0 Å². The zero-order valence-corrected chi connectivity index (χ0v) is 14.1. The molecule has 0 bridgehead atoms. The van der Waals surface area contributed by atoms with Gasteiger partial charge >= 0.3 is 0 Å². The Kier molecular flexibility index (Phi) is 11.3. The number of para-hydroxylation sites is 2. The molecule has 0 N–H and O–H groups in total. The van der Waals surface area contributed by atoms with Crippen molar-refractivity contribution in [1.29, 1.82) is 0 Å². The molecule has 0 aliphatic carbocycles. The van der Waals surface area contributed by atoms with Gasteiger partial charge in [0.1, 0.15) is 12.0 Å². The first-order valence-corrected chi connectivity index (χ1v) is 7.73. The highest BCUT2D eigenvalue weighted by Gasteiger charge is 2.16. The zero-order valence-electron chi connectivity index (χ0n) is 14.1. The summed E-state index contributed by atoms with van der Waals surface area (Å²) in [5.74, 6) is 0.974. The predicted molar refractivity (Wildman–Crippen MR) is 90.4 cm³/mol. The van der Waals surface area contributed by atoms with Gasteiger partial charge in [0.15, 0.2) is 0 Å². The number of likely N-dealkylation sites (N-methyl/N-ethyl adjacent to an activating group) is 1. The van der Waals surface area contributed by atoms with E-state index in [9.17, 15) is 4.79 Å². The molecule has 2 rings (SSSR count).